The lowest BCUT2D eigenvalue weighted by Crippen LogP contribution is -2.09. The van der Waals surface area contributed by atoms with Crippen LogP contribution in [0.25, 0.3) is 10.9 Å². The monoisotopic (exact) mass is 285 g/mol. The van der Waals surface area contributed by atoms with Crippen LogP contribution in [0.1, 0.15) is 42.0 Å². The maximum atomic E-state index is 11.1. The Balaban J connectivity index is 1.76. The first-order valence-electron chi connectivity index (χ1n) is 7.65. The number of carboxylic acids is 1. The van der Waals surface area contributed by atoms with Gasteiger partial charge in [-0.2, -0.15) is 0 Å². The van der Waals surface area contributed by atoms with E-state index >= 15 is 0 Å². The molecular formula is C17H19NO3. The van der Waals surface area contributed by atoms with Crippen LogP contribution < -0.4 is 0 Å². The van der Waals surface area contributed by atoms with Gasteiger partial charge in [-0.15, -0.1) is 0 Å². The molecule has 4 nitrogen and oxygen atoms in total. The molecule has 4 heteroatoms. The third-order valence-corrected chi connectivity index (χ3v) is 4.78. The van der Waals surface area contributed by atoms with Crippen molar-refractivity contribution in [1.82, 2.24) is 4.98 Å². The molecule has 0 spiro atoms. The molecule has 2 heterocycles. The molecule has 4 rings (SSSR count). The largest absolute Gasteiger partial charge is 0.481 e. The predicted molar refractivity (Wildman–Crippen MR) is 79.4 cm³/mol. The van der Waals surface area contributed by atoms with Gasteiger partial charge in [-0.25, -0.2) is 0 Å². The van der Waals surface area contributed by atoms with Gasteiger partial charge in [0.2, 0.25) is 0 Å². The molecule has 0 radical (unpaired) electrons. The maximum Gasteiger partial charge on any atom is 0.303 e. The number of hydrogen-bond donors (Lipinski definition) is 2. The highest BCUT2D eigenvalue weighted by Crippen LogP contribution is 2.45. The predicted octanol–water partition coefficient (Wildman–Crippen LogP) is 3.21. The molecule has 0 bridgehead atoms. The second-order valence-electron chi connectivity index (χ2n) is 6.23. The number of ether oxygens (including phenoxy) is 1. The van der Waals surface area contributed by atoms with Crippen molar-refractivity contribution >= 4 is 16.9 Å². The maximum absolute atomic E-state index is 11.1. The molecule has 1 fully saturated rings. The summed E-state index contributed by atoms with van der Waals surface area (Å²) in [5.74, 6) is -0.00189. The Hall–Kier alpha value is -1.81. The summed E-state index contributed by atoms with van der Waals surface area (Å²) in [6, 6.07) is 6.38. The molecule has 1 aromatic heterocycles. The van der Waals surface area contributed by atoms with E-state index in [1.807, 2.05) is 0 Å². The smallest absolute Gasteiger partial charge is 0.303 e. The average Bonchev–Trinajstić information content (AvgIpc) is 3.25. The van der Waals surface area contributed by atoms with Crippen molar-refractivity contribution in [3.05, 3.63) is 35.0 Å². The molecule has 0 saturated heterocycles. The van der Waals surface area contributed by atoms with Crippen molar-refractivity contribution in [3.63, 3.8) is 0 Å². The minimum absolute atomic E-state index is 0.155. The molecular weight excluding hydrogens is 266 g/mol. The van der Waals surface area contributed by atoms with Gasteiger partial charge in [0.15, 0.2) is 0 Å². The lowest BCUT2D eigenvalue weighted by molar-refractivity contribution is -0.137. The van der Waals surface area contributed by atoms with E-state index in [0.717, 1.165) is 31.4 Å². The molecule has 2 aromatic rings. The summed E-state index contributed by atoms with van der Waals surface area (Å²) in [4.78, 5) is 14.6. The molecule has 2 aliphatic rings. The zero-order chi connectivity index (χ0) is 14.4. The van der Waals surface area contributed by atoms with Gasteiger partial charge in [-0.05, 0) is 42.4 Å². The standard InChI is InChI=1S/C17H19NO3/c19-17(20)8-12(10-1-2-10)11-3-4-15-13(7-11)14-9-21-6-5-16(14)18-15/h3-4,7,10,12,18H,1-2,5-6,8-9H2,(H,19,20). The fourth-order valence-electron chi connectivity index (χ4n) is 3.52. The lowest BCUT2D eigenvalue weighted by Gasteiger charge is -2.15. The van der Waals surface area contributed by atoms with E-state index in [1.54, 1.807) is 0 Å². The zero-order valence-corrected chi connectivity index (χ0v) is 11.9. The Labute approximate surface area is 123 Å². The van der Waals surface area contributed by atoms with Gasteiger partial charge in [-0.3, -0.25) is 4.79 Å². The fraction of sp³-hybridized carbons (Fsp3) is 0.471. The molecule has 1 aliphatic heterocycles. The molecule has 1 aromatic carbocycles. The third kappa shape index (κ3) is 2.33. The minimum Gasteiger partial charge on any atom is -0.481 e. The number of nitrogens with one attached hydrogen (secondary N) is 1. The number of carboxylic acid groups (broad SMARTS) is 1. The molecule has 1 aliphatic carbocycles. The van der Waals surface area contributed by atoms with Gasteiger partial charge >= 0.3 is 5.97 Å². The van der Waals surface area contributed by atoms with Crippen LogP contribution in [0.4, 0.5) is 0 Å². The molecule has 0 amide bonds. The summed E-state index contributed by atoms with van der Waals surface area (Å²) < 4.78 is 5.57. The summed E-state index contributed by atoms with van der Waals surface area (Å²) in [6.45, 7) is 1.43. The average molecular weight is 285 g/mol. The van der Waals surface area contributed by atoms with E-state index in [9.17, 15) is 4.79 Å². The SMILES string of the molecule is O=C(O)CC(c1ccc2[nH]c3c(c2c1)COCC3)C1CC1. The van der Waals surface area contributed by atoms with Crippen molar-refractivity contribution < 1.29 is 14.6 Å². The summed E-state index contributed by atoms with van der Waals surface area (Å²) in [5.41, 5.74) is 4.83. The number of aliphatic carboxylic acids is 1. The molecule has 1 atom stereocenters. The quantitative estimate of drug-likeness (QED) is 0.906. The van der Waals surface area contributed by atoms with Gasteiger partial charge in [0, 0.05) is 28.6 Å². The van der Waals surface area contributed by atoms with Gasteiger partial charge < -0.3 is 14.8 Å². The Kier molecular flexibility index (Phi) is 3.00. The van der Waals surface area contributed by atoms with Crippen molar-refractivity contribution in [3.8, 4) is 0 Å². The van der Waals surface area contributed by atoms with Gasteiger partial charge in [-0.1, -0.05) is 6.07 Å². The number of aromatic amines is 1. The lowest BCUT2D eigenvalue weighted by atomic mass is 9.90. The molecule has 21 heavy (non-hydrogen) atoms. The normalized spacial score (nSPS) is 19.4. The van der Waals surface area contributed by atoms with Crippen LogP contribution in [-0.4, -0.2) is 22.7 Å². The molecule has 1 unspecified atom stereocenters. The third-order valence-electron chi connectivity index (χ3n) is 4.78. The highest BCUT2D eigenvalue weighted by atomic mass is 16.5. The van der Waals surface area contributed by atoms with E-state index in [2.05, 4.69) is 23.2 Å². The van der Waals surface area contributed by atoms with Crippen molar-refractivity contribution in [1.29, 1.82) is 0 Å². The first-order valence-corrected chi connectivity index (χ1v) is 7.65. The molecule has 1 saturated carbocycles. The molecule has 2 N–H and O–H groups in total. The van der Waals surface area contributed by atoms with Gasteiger partial charge in [0.05, 0.1) is 19.6 Å². The number of benzene rings is 1. The van der Waals surface area contributed by atoms with Gasteiger partial charge in [0.25, 0.3) is 0 Å². The van der Waals surface area contributed by atoms with Crippen LogP contribution in [0, 0.1) is 5.92 Å². The number of fused-ring (bicyclic) bond motifs is 3. The number of hydrogen-bond acceptors (Lipinski definition) is 2. The zero-order valence-electron chi connectivity index (χ0n) is 11.9. The Bertz CT molecular complexity index is 699. The number of H-pyrrole nitrogens is 1. The van der Waals surface area contributed by atoms with Crippen LogP contribution in [0.5, 0.6) is 0 Å². The van der Waals surface area contributed by atoms with Crippen molar-refractivity contribution in [2.45, 2.75) is 38.2 Å². The van der Waals surface area contributed by atoms with Crippen molar-refractivity contribution in [2.75, 3.05) is 6.61 Å². The first-order chi connectivity index (χ1) is 10.2. The van der Waals surface area contributed by atoms with E-state index < -0.39 is 5.97 Å². The highest BCUT2D eigenvalue weighted by molar-refractivity contribution is 5.85. The molecule has 110 valence electrons. The van der Waals surface area contributed by atoms with Crippen molar-refractivity contribution in [2.24, 2.45) is 5.92 Å². The Morgan fingerprint density at radius 2 is 2.29 bits per heavy atom. The second kappa shape index (κ2) is 4.88. The Morgan fingerprint density at radius 1 is 1.43 bits per heavy atom. The van der Waals surface area contributed by atoms with Gasteiger partial charge in [0.1, 0.15) is 0 Å². The summed E-state index contributed by atoms with van der Waals surface area (Å²) in [5, 5.41) is 10.4. The van der Waals surface area contributed by atoms with Crippen LogP contribution in [0.15, 0.2) is 18.2 Å². The van der Waals surface area contributed by atoms with Crippen LogP contribution in [0.2, 0.25) is 0 Å². The number of aromatic nitrogens is 1. The van der Waals surface area contributed by atoms with Crippen LogP contribution in [-0.2, 0) is 22.6 Å². The minimum atomic E-state index is -0.702. The number of rotatable bonds is 4. The van der Waals surface area contributed by atoms with Crippen LogP contribution >= 0.6 is 0 Å². The Morgan fingerprint density at radius 3 is 3.05 bits per heavy atom. The summed E-state index contributed by atoms with van der Waals surface area (Å²) >= 11 is 0. The van der Waals surface area contributed by atoms with E-state index in [0.29, 0.717) is 12.5 Å². The number of carbonyl (C=O) groups is 1. The van der Waals surface area contributed by atoms with E-state index in [1.165, 1.54) is 22.2 Å². The topological polar surface area (TPSA) is 62.3 Å². The van der Waals surface area contributed by atoms with E-state index in [-0.39, 0.29) is 12.3 Å². The second-order valence-corrected chi connectivity index (χ2v) is 6.23. The summed E-state index contributed by atoms with van der Waals surface area (Å²) in [7, 11) is 0. The first kappa shape index (κ1) is 12.9. The fourth-order valence-corrected chi connectivity index (χ4v) is 3.52. The van der Waals surface area contributed by atoms with Crippen LogP contribution in [0.3, 0.4) is 0 Å². The highest BCUT2D eigenvalue weighted by Gasteiger charge is 2.34. The summed E-state index contributed by atoms with van der Waals surface area (Å²) in [6.07, 6.45) is 3.48. The van der Waals surface area contributed by atoms with E-state index in [4.69, 9.17) is 9.84 Å².